The first-order chi connectivity index (χ1) is 9.28. The molecule has 19 heavy (non-hydrogen) atoms. The Labute approximate surface area is 114 Å². The fourth-order valence-electron chi connectivity index (χ4n) is 1.50. The van der Waals surface area contributed by atoms with Crippen LogP contribution in [0.4, 0.5) is 0 Å². The van der Waals surface area contributed by atoms with Gasteiger partial charge in [-0.3, -0.25) is 0 Å². The number of methoxy groups -OCH3 is 2. The predicted molar refractivity (Wildman–Crippen MR) is 69.7 cm³/mol. The molecule has 0 spiro atoms. The molecule has 1 aromatic heterocycles. The van der Waals surface area contributed by atoms with Crippen LogP contribution in [0.1, 0.15) is 5.89 Å². The smallest absolute Gasteiger partial charge is 0.238 e. The Balaban J connectivity index is 2.26. The second kappa shape index (κ2) is 6.11. The van der Waals surface area contributed by atoms with Gasteiger partial charge in [0.05, 0.1) is 20.0 Å². The van der Waals surface area contributed by atoms with Gasteiger partial charge in [-0.05, 0) is 30.0 Å². The van der Waals surface area contributed by atoms with E-state index in [1.54, 1.807) is 26.4 Å². The first-order valence-corrected chi connectivity index (χ1v) is 6.33. The summed E-state index contributed by atoms with van der Waals surface area (Å²) >= 11 is 1.05. The topological polar surface area (TPSA) is 81.2 Å². The standard InChI is InChI=1S/C12H11N3O3S/c1-16-9-4-3-8(5-10(9)17-2)12-14-11(18-15-12)6-19-7-13/h3-5H,6H2,1-2H3. The molecule has 7 heteroatoms. The van der Waals surface area contributed by atoms with E-state index in [1.165, 1.54) is 0 Å². The summed E-state index contributed by atoms with van der Waals surface area (Å²) in [6.45, 7) is 0. The van der Waals surface area contributed by atoms with Crippen LogP contribution in [-0.4, -0.2) is 24.4 Å². The normalized spacial score (nSPS) is 9.95. The highest BCUT2D eigenvalue weighted by atomic mass is 32.2. The van der Waals surface area contributed by atoms with E-state index >= 15 is 0 Å². The average molecular weight is 277 g/mol. The van der Waals surface area contributed by atoms with Gasteiger partial charge in [0, 0.05) is 5.56 Å². The van der Waals surface area contributed by atoms with Crippen LogP contribution in [0.2, 0.25) is 0 Å². The summed E-state index contributed by atoms with van der Waals surface area (Å²) in [7, 11) is 3.13. The second-order valence-corrected chi connectivity index (χ2v) is 4.22. The number of ether oxygens (including phenoxy) is 2. The molecule has 0 aliphatic carbocycles. The number of nitrogens with zero attached hydrogens (tertiary/aromatic N) is 3. The molecule has 1 heterocycles. The lowest BCUT2D eigenvalue weighted by molar-refractivity contribution is 0.355. The lowest BCUT2D eigenvalue weighted by Crippen LogP contribution is -1.91. The second-order valence-electron chi connectivity index (χ2n) is 3.46. The van der Waals surface area contributed by atoms with Gasteiger partial charge in [-0.15, -0.1) is 0 Å². The molecule has 0 saturated heterocycles. The number of rotatable bonds is 5. The molecule has 2 aromatic rings. The largest absolute Gasteiger partial charge is 0.493 e. The summed E-state index contributed by atoms with van der Waals surface area (Å²) in [5.41, 5.74) is 0.759. The van der Waals surface area contributed by atoms with Crippen molar-refractivity contribution in [3.8, 4) is 28.3 Å². The quantitative estimate of drug-likeness (QED) is 0.776. The van der Waals surface area contributed by atoms with Crippen LogP contribution >= 0.6 is 11.8 Å². The molecule has 6 nitrogen and oxygen atoms in total. The van der Waals surface area contributed by atoms with E-state index in [0.29, 0.717) is 29.0 Å². The van der Waals surface area contributed by atoms with E-state index in [1.807, 2.05) is 11.5 Å². The predicted octanol–water partition coefficient (Wildman–Crippen LogP) is 2.47. The molecule has 0 aliphatic heterocycles. The fourth-order valence-corrected chi connectivity index (χ4v) is 1.81. The Morgan fingerprint density at radius 1 is 1.32 bits per heavy atom. The van der Waals surface area contributed by atoms with Crippen LogP contribution in [-0.2, 0) is 5.75 Å². The Morgan fingerprint density at radius 3 is 2.79 bits per heavy atom. The van der Waals surface area contributed by atoms with Gasteiger partial charge < -0.3 is 14.0 Å². The highest BCUT2D eigenvalue weighted by Gasteiger charge is 2.11. The number of hydrogen-bond acceptors (Lipinski definition) is 7. The van der Waals surface area contributed by atoms with Gasteiger partial charge in [-0.2, -0.15) is 10.2 Å². The number of hydrogen-bond donors (Lipinski definition) is 0. The molecule has 0 bridgehead atoms. The van der Waals surface area contributed by atoms with Gasteiger partial charge in [-0.25, -0.2) is 0 Å². The van der Waals surface area contributed by atoms with E-state index in [2.05, 4.69) is 10.1 Å². The molecule has 0 radical (unpaired) electrons. The highest BCUT2D eigenvalue weighted by molar-refractivity contribution is 8.02. The molecule has 2 rings (SSSR count). The molecule has 0 amide bonds. The molecule has 0 aliphatic rings. The molecule has 0 fully saturated rings. The van der Waals surface area contributed by atoms with Crippen LogP contribution in [0.25, 0.3) is 11.4 Å². The maximum atomic E-state index is 8.47. The zero-order valence-corrected chi connectivity index (χ0v) is 11.2. The van der Waals surface area contributed by atoms with Gasteiger partial charge in [0.1, 0.15) is 5.40 Å². The van der Waals surface area contributed by atoms with Crippen LogP contribution in [0.5, 0.6) is 11.5 Å². The maximum absolute atomic E-state index is 8.47. The third-order valence-corrected chi connectivity index (χ3v) is 2.89. The Morgan fingerprint density at radius 2 is 2.11 bits per heavy atom. The summed E-state index contributed by atoms with van der Waals surface area (Å²) in [6.07, 6.45) is 0. The van der Waals surface area contributed by atoms with E-state index in [0.717, 1.165) is 17.3 Å². The van der Waals surface area contributed by atoms with E-state index < -0.39 is 0 Å². The van der Waals surface area contributed by atoms with Crippen molar-refractivity contribution in [2.24, 2.45) is 0 Å². The van der Waals surface area contributed by atoms with Crippen LogP contribution in [0.3, 0.4) is 0 Å². The molecular formula is C12H11N3O3S. The number of aromatic nitrogens is 2. The molecule has 98 valence electrons. The summed E-state index contributed by atoms with van der Waals surface area (Å²) in [6, 6.07) is 5.35. The molecule has 0 unspecified atom stereocenters. The van der Waals surface area contributed by atoms with Gasteiger partial charge in [0.15, 0.2) is 11.5 Å². The van der Waals surface area contributed by atoms with E-state index in [-0.39, 0.29) is 0 Å². The molecule has 0 saturated carbocycles. The number of thioether (sulfide) groups is 1. The van der Waals surface area contributed by atoms with Crippen LogP contribution in [0, 0.1) is 10.7 Å². The lowest BCUT2D eigenvalue weighted by atomic mass is 10.2. The van der Waals surface area contributed by atoms with Crippen molar-refractivity contribution in [3.63, 3.8) is 0 Å². The molecule has 0 atom stereocenters. The third kappa shape index (κ3) is 2.98. The van der Waals surface area contributed by atoms with Crippen molar-refractivity contribution in [2.75, 3.05) is 14.2 Å². The van der Waals surface area contributed by atoms with Crippen LogP contribution < -0.4 is 9.47 Å². The Bertz CT molecular complexity index is 607. The Hall–Kier alpha value is -2.20. The lowest BCUT2D eigenvalue weighted by Gasteiger charge is -2.07. The van der Waals surface area contributed by atoms with Gasteiger partial charge in [-0.1, -0.05) is 5.16 Å². The minimum absolute atomic E-state index is 0.372. The minimum atomic E-state index is 0.372. The van der Waals surface area contributed by atoms with E-state index in [9.17, 15) is 0 Å². The minimum Gasteiger partial charge on any atom is -0.493 e. The van der Waals surface area contributed by atoms with Gasteiger partial charge >= 0.3 is 0 Å². The first kappa shape index (κ1) is 13.2. The van der Waals surface area contributed by atoms with Gasteiger partial charge in [0.2, 0.25) is 11.7 Å². The van der Waals surface area contributed by atoms with Crippen molar-refractivity contribution < 1.29 is 14.0 Å². The van der Waals surface area contributed by atoms with Crippen molar-refractivity contribution in [1.29, 1.82) is 5.26 Å². The summed E-state index contributed by atoms with van der Waals surface area (Å²) < 4.78 is 15.4. The third-order valence-electron chi connectivity index (χ3n) is 2.37. The summed E-state index contributed by atoms with van der Waals surface area (Å²) in [5, 5.41) is 14.3. The molecule has 0 N–H and O–H groups in total. The maximum Gasteiger partial charge on any atom is 0.238 e. The number of thiocyanates is 1. The van der Waals surface area contributed by atoms with Crippen molar-refractivity contribution >= 4 is 11.8 Å². The summed E-state index contributed by atoms with van der Waals surface area (Å²) in [5.74, 6) is 2.47. The fraction of sp³-hybridized carbons (Fsp3) is 0.250. The van der Waals surface area contributed by atoms with Gasteiger partial charge in [0.25, 0.3) is 0 Å². The first-order valence-electron chi connectivity index (χ1n) is 5.34. The average Bonchev–Trinajstić information content (AvgIpc) is 2.93. The zero-order valence-electron chi connectivity index (χ0n) is 10.4. The number of nitriles is 1. The van der Waals surface area contributed by atoms with Crippen molar-refractivity contribution in [1.82, 2.24) is 10.1 Å². The number of benzene rings is 1. The highest BCUT2D eigenvalue weighted by Crippen LogP contribution is 2.31. The molecular weight excluding hydrogens is 266 g/mol. The molecule has 1 aromatic carbocycles. The monoisotopic (exact) mass is 277 g/mol. The zero-order chi connectivity index (χ0) is 13.7. The van der Waals surface area contributed by atoms with Crippen molar-refractivity contribution in [3.05, 3.63) is 24.1 Å². The van der Waals surface area contributed by atoms with Crippen molar-refractivity contribution in [2.45, 2.75) is 5.75 Å². The summed E-state index contributed by atoms with van der Waals surface area (Å²) in [4.78, 5) is 4.20. The Kier molecular flexibility index (Phi) is 4.26. The van der Waals surface area contributed by atoms with E-state index in [4.69, 9.17) is 19.3 Å². The van der Waals surface area contributed by atoms with Crippen LogP contribution in [0.15, 0.2) is 22.7 Å². The SMILES string of the molecule is COc1ccc(-c2noc(CSC#N)n2)cc1OC.